The topological polar surface area (TPSA) is 13.1 Å². The summed E-state index contributed by atoms with van der Waals surface area (Å²) in [5.74, 6) is 0. The molecule has 200 valence electrons. The van der Waals surface area contributed by atoms with Gasteiger partial charge in [-0.2, -0.15) is 0 Å². The highest BCUT2D eigenvalue weighted by Crippen LogP contribution is 2.49. The first-order valence-corrected chi connectivity index (χ1v) is 13.8. The maximum Gasteiger partial charge on any atom is 0.136 e. The average Bonchev–Trinajstić information content (AvgIpc) is 3.58. The summed E-state index contributed by atoms with van der Waals surface area (Å²) in [6.45, 7) is 0. The lowest BCUT2D eigenvalue weighted by molar-refractivity contribution is 0.669. The van der Waals surface area contributed by atoms with Gasteiger partial charge >= 0.3 is 0 Å². The van der Waals surface area contributed by atoms with E-state index in [2.05, 4.69) is 0 Å². The zero-order valence-electron chi connectivity index (χ0n) is 34.5. The van der Waals surface area contributed by atoms with Crippen LogP contribution >= 0.6 is 0 Å². The van der Waals surface area contributed by atoms with Crippen LogP contribution in [-0.2, 0) is 0 Å². The Bertz CT molecular complexity index is 3100. The summed E-state index contributed by atoms with van der Waals surface area (Å²) in [5, 5.41) is 3.32. The van der Waals surface area contributed by atoms with Crippen molar-refractivity contribution in [2.45, 2.75) is 0 Å². The molecule has 0 spiro atoms. The van der Waals surface area contributed by atoms with Gasteiger partial charge in [0.25, 0.3) is 0 Å². The van der Waals surface area contributed by atoms with E-state index in [0.29, 0.717) is 65.7 Å². The standard InChI is InChI=1S/C42H26O/c1-2-13-28(14-3-1)40-36(24-25-38-42(40)35-20-10-11-21-37(35)43-38)41-33-18-8-6-16-31(33)39(32-17-7-9-19-34(32)41)30-23-22-27-12-4-5-15-29(27)26-30/h1-26H/i1D,2D,3D,4D,5D,12D,13D,14D,15D,22D,23D,26D. The molecule has 0 atom stereocenters. The average molecular weight is 559 g/mol. The summed E-state index contributed by atoms with van der Waals surface area (Å²) in [7, 11) is 0. The minimum Gasteiger partial charge on any atom is -0.456 e. The molecule has 0 unspecified atom stereocenters. The third kappa shape index (κ3) is 3.65. The molecule has 1 heteroatoms. The van der Waals surface area contributed by atoms with Crippen molar-refractivity contribution in [3.8, 4) is 33.4 Å². The first kappa shape index (κ1) is 15.0. The van der Waals surface area contributed by atoms with E-state index in [-0.39, 0.29) is 46.1 Å². The molecule has 1 heterocycles. The second kappa shape index (κ2) is 9.44. The minimum atomic E-state index is -0.546. The van der Waals surface area contributed by atoms with Gasteiger partial charge in [0.05, 0.1) is 16.4 Å². The van der Waals surface area contributed by atoms with Gasteiger partial charge in [-0.15, -0.1) is 0 Å². The molecule has 0 N–H and O–H groups in total. The number of furan rings is 1. The zero-order chi connectivity index (χ0) is 38.8. The summed E-state index contributed by atoms with van der Waals surface area (Å²) >= 11 is 0. The molecule has 0 aliphatic rings. The highest BCUT2D eigenvalue weighted by Gasteiger charge is 2.22. The number of fused-ring (bicyclic) bond motifs is 6. The predicted molar refractivity (Wildman–Crippen MR) is 183 cm³/mol. The van der Waals surface area contributed by atoms with E-state index >= 15 is 0 Å². The molecule has 9 aromatic rings. The molecule has 0 aliphatic heterocycles. The summed E-state index contributed by atoms with van der Waals surface area (Å²) in [5.41, 5.74) is 3.03. The van der Waals surface area contributed by atoms with Crippen molar-refractivity contribution in [3.05, 3.63) is 157 Å². The molecule has 9 rings (SSSR count). The van der Waals surface area contributed by atoms with Crippen molar-refractivity contribution in [1.82, 2.24) is 0 Å². The van der Waals surface area contributed by atoms with Crippen LogP contribution in [0.2, 0.25) is 0 Å². The zero-order valence-corrected chi connectivity index (χ0v) is 22.5. The fraction of sp³-hybridized carbons (Fsp3) is 0. The molecule has 1 aromatic heterocycles. The van der Waals surface area contributed by atoms with Gasteiger partial charge in [-0.3, -0.25) is 0 Å². The lowest BCUT2D eigenvalue weighted by Crippen LogP contribution is -1.93. The van der Waals surface area contributed by atoms with Crippen LogP contribution < -0.4 is 0 Å². The second-order valence-electron chi connectivity index (χ2n) is 10.3. The van der Waals surface area contributed by atoms with Crippen LogP contribution in [-0.4, -0.2) is 0 Å². The van der Waals surface area contributed by atoms with Crippen molar-refractivity contribution < 1.29 is 20.9 Å². The van der Waals surface area contributed by atoms with Crippen molar-refractivity contribution in [1.29, 1.82) is 0 Å². The fourth-order valence-corrected chi connectivity index (χ4v) is 6.25. The largest absolute Gasteiger partial charge is 0.456 e. The Hall–Kier alpha value is -5.66. The van der Waals surface area contributed by atoms with Crippen molar-refractivity contribution in [2.24, 2.45) is 0 Å². The van der Waals surface area contributed by atoms with Gasteiger partial charge in [-0.05, 0) is 84.4 Å². The van der Waals surface area contributed by atoms with E-state index in [4.69, 9.17) is 18.1 Å². The van der Waals surface area contributed by atoms with E-state index in [1.54, 1.807) is 18.2 Å². The van der Waals surface area contributed by atoms with Gasteiger partial charge in [0.2, 0.25) is 0 Å². The predicted octanol–water partition coefficient (Wildman–Crippen LogP) is 12.0. The molecule has 0 saturated heterocycles. The Kier molecular flexibility index (Phi) is 3.29. The SMILES string of the molecule is [2H]c1c([2H])c([2H])c(-c2c(-c3c4ccccc4c(-c4c([2H])c([2H])c5c([2H])c([2H])c([2H])c([2H])c5c4[2H])c4ccccc34)ccc3oc4ccccc4c23)c([2H])c1[2H]. The monoisotopic (exact) mass is 558 g/mol. The Labute approximate surface area is 266 Å². The molecule has 0 amide bonds. The summed E-state index contributed by atoms with van der Waals surface area (Å²) in [6, 6.07) is 20.2. The van der Waals surface area contributed by atoms with E-state index < -0.39 is 48.3 Å². The Balaban J connectivity index is 1.50. The maximum absolute atomic E-state index is 9.43. The van der Waals surface area contributed by atoms with Crippen molar-refractivity contribution >= 4 is 54.3 Å². The first-order valence-electron chi connectivity index (χ1n) is 19.8. The van der Waals surface area contributed by atoms with E-state index in [1.165, 1.54) is 0 Å². The summed E-state index contributed by atoms with van der Waals surface area (Å²) < 4.78 is 112. The van der Waals surface area contributed by atoms with Crippen LogP contribution in [0.1, 0.15) is 16.4 Å². The van der Waals surface area contributed by atoms with Crippen LogP contribution in [0.4, 0.5) is 0 Å². The quantitative estimate of drug-likeness (QED) is 0.197. The van der Waals surface area contributed by atoms with Gasteiger partial charge in [-0.1, -0.05) is 133 Å². The molecule has 0 aliphatic carbocycles. The van der Waals surface area contributed by atoms with E-state index in [0.717, 1.165) is 0 Å². The molecule has 0 radical (unpaired) electrons. The highest BCUT2D eigenvalue weighted by molar-refractivity contribution is 6.25. The molecule has 0 bridgehead atoms. The lowest BCUT2D eigenvalue weighted by atomic mass is 9.82. The van der Waals surface area contributed by atoms with Gasteiger partial charge in [0.1, 0.15) is 11.2 Å². The molecular formula is C42H26O. The van der Waals surface area contributed by atoms with Crippen LogP contribution in [0.25, 0.3) is 87.6 Å². The van der Waals surface area contributed by atoms with Gasteiger partial charge in [-0.25, -0.2) is 0 Å². The van der Waals surface area contributed by atoms with Gasteiger partial charge in [0.15, 0.2) is 0 Å². The minimum absolute atomic E-state index is 0.000192. The van der Waals surface area contributed by atoms with Gasteiger partial charge < -0.3 is 4.42 Å². The number of para-hydroxylation sites is 1. The van der Waals surface area contributed by atoms with Crippen LogP contribution in [0, 0.1) is 0 Å². The highest BCUT2D eigenvalue weighted by atomic mass is 16.3. The summed E-state index contributed by atoms with van der Waals surface area (Å²) in [6.07, 6.45) is 0. The first-order chi connectivity index (χ1) is 26.3. The summed E-state index contributed by atoms with van der Waals surface area (Å²) in [4.78, 5) is 0. The number of hydrogen-bond donors (Lipinski definition) is 0. The van der Waals surface area contributed by atoms with Crippen LogP contribution in [0.15, 0.2) is 162 Å². The molecular weight excluding hydrogens is 520 g/mol. The third-order valence-corrected chi connectivity index (χ3v) is 7.99. The van der Waals surface area contributed by atoms with E-state index in [1.807, 2.05) is 66.7 Å². The molecule has 43 heavy (non-hydrogen) atoms. The number of hydrogen-bond acceptors (Lipinski definition) is 1. The molecule has 0 saturated carbocycles. The van der Waals surface area contributed by atoms with Crippen molar-refractivity contribution in [3.63, 3.8) is 0 Å². The Morgan fingerprint density at radius 2 is 1.02 bits per heavy atom. The molecule has 1 nitrogen and oxygen atoms in total. The van der Waals surface area contributed by atoms with Crippen LogP contribution in [0.5, 0.6) is 0 Å². The second-order valence-corrected chi connectivity index (χ2v) is 10.3. The normalized spacial score (nSPS) is 15.6. The number of rotatable bonds is 3. The lowest BCUT2D eigenvalue weighted by Gasteiger charge is -2.20. The van der Waals surface area contributed by atoms with Gasteiger partial charge in [0, 0.05) is 16.3 Å². The Morgan fingerprint density at radius 3 is 1.74 bits per heavy atom. The number of benzene rings is 8. The third-order valence-electron chi connectivity index (χ3n) is 7.99. The molecule has 0 fully saturated rings. The van der Waals surface area contributed by atoms with E-state index in [9.17, 15) is 2.74 Å². The van der Waals surface area contributed by atoms with Crippen LogP contribution in [0.3, 0.4) is 0 Å². The maximum atomic E-state index is 9.43. The smallest absolute Gasteiger partial charge is 0.136 e. The molecule has 8 aromatic carbocycles. The fourth-order valence-electron chi connectivity index (χ4n) is 6.25. The van der Waals surface area contributed by atoms with Crippen molar-refractivity contribution in [2.75, 3.05) is 0 Å². The Morgan fingerprint density at radius 1 is 0.419 bits per heavy atom.